The number of H-pyrrole nitrogens is 1. The highest BCUT2D eigenvalue weighted by Gasteiger charge is 2.22. The fourth-order valence-electron chi connectivity index (χ4n) is 4.09. The molecule has 4 N–H and O–H groups in total. The maximum absolute atomic E-state index is 13.3. The molecule has 32 heavy (non-hydrogen) atoms. The molecule has 0 saturated carbocycles. The molecule has 6 nitrogen and oxygen atoms in total. The Kier molecular flexibility index (Phi) is 7.10. The SMILES string of the molecule is O=C(NC(CO)Cc1c[nH]c2ccccc12)c1cc(C#CCCO)cc2c1OCCCC2. The second-order valence-electron chi connectivity index (χ2n) is 8.01. The highest BCUT2D eigenvalue weighted by molar-refractivity contribution is 5.98. The molecular weight excluding hydrogens is 404 g/mol. The lowest BCUT2D eigenvalue weighted by atomic mass is 9.99. The second-order valence-corrected chi connectivity index (χ2v) is 8.01. The number of ether oxygens (including phenoxy) is 1. The molecule has 6 heteroatoms. The van der Waals surface area contributed by atoms with Crippen LogP contribution in [0.3, 0.4) is 0 Å². The van der Waals surface area contributed by atoms with E-state index in [1.807, 2.05) is 36.5 Å². The summed E-state index contributed by atoms with van der Waals surface area (Å²) in [5, 5.41) is 23.0. The number of hydrogen-bond donors (Lipinski definition) is 4. The lowest BCUT2D eigenvalue weighted by molar-refractivity contribution is 0.0912. The lowest BCUT2D eigenvalue weighted by Gasteiger charge is -2.19. The Morgan fingerprint density at radius 2 is 2.09 bits per heavy atom. The van der Waals surface area contributed by atoms with E-state index in [9.17, 15) is 9.90 Å². The van der Waals surface area contributed by atoms with E-state index in [0.717, 1.165) is 46.9 Å². The summed E-state index contributed by atoms with van der Waals surface area (Å²) in [5.74, 6) is 6.28. The number of amides is 1. The van der Waals surface area contributed by atoms with Gasteiger partial charge < -0.3 is 25.3 Å². The van der Waals surface area contributed by atoms with Gasteiger partial charge in [-0.1, -0.05) is 30.0 Å². The number of aryl methyl sites for hydroxylation is 1. The van der Waals surface area contributed by atoms with E-state index < -0.39 is 6.04 Å². The number of para-hydroxylation sites is 1. The Hall–Kier alpha value is -3.27. The van der Waals surface area contributed by atoms with Crippen molar-refractivity contribution in [2.75, 3.05) is 19.8 Å². The molecule has 2 heterocycles. The minimum atomic E-state index is -0.438. The maximum Gasteiger partial charge on any atom is 0.255 e. The second kappa shape index (κ2) is 10.4. The van der Waals surface area contributed by atoms with Crippen LogP contribution in [0.2, 0.25) is 0 Å². The van der Waals surface area contributed by atoms with Gasteiger partial charge in [0.15, 0.2) is 0 Å². The third-order valence-corrected chi connectivity index (χ3v) is 5.66. The first-order valence-corrected chi connectivity index (χ1v) is 11.1. The standard InChI is InChI=1S/C26H28N2O4/c29-11-5-3-7-18-13-19-8-4-6-12-32-25(19)23(14-18)26(31)28-21(17-30)15-20-16-27-24-10-2-1-9-22(20)24/h1-2,9-10,13-14,16,21,27,29-30H,4-6,8,11-12,15,17H2,(H,28,31). The van der Waals surface area contributed by atoms with Crippen molar-refractivity contribution < 1.29 is 19.7 Å². The van der Waals surface area contributed by atoms with Crippen molar-refractivity contribution in [3.05, 3.63) is 64.8 Å². The fourth-order valence-corrected chi connectivity index (χ4v) is 4.09. The lowest BCUT2D eigenvalue weighted by Crippen LogP contribution is -2.39. The fraction of sp³-hybridized carbons (Fsp3) is 0.346. The zero-order chi connectivity index (χ0) is 22.3. The quantitative estimate of drug-likeness (QED) is 0.451. The van der Waals surface area contributed by atoms with Crippen LogP contribution in [0, 0.1) is 11.8 Å². The number of aliphatic hydroxyl groups is 2. The molecule has 3 aromatic rings. The first-order valence-electron chi connectivity index (χ1n) is 11.1. The van der Waals surface area contributed by atoms with Crippen LogP contribution in [-0.4, -0.2) is 47.0 Å². The Morgan fingerprint density at radius 1 is 1.22 bits per heavy atom. The van der Waals surface area contributed by atoms with Gasteiger partial charge in [0.25, 0.3) is 5.91 Å². The summed E-state index contributed by atoms with van der Waals surface area (Å²) in [4.78, 5) is 16.5. The van der Waals surface area contributed by atoms with Crippen LogP contribution in [0.4, 0.5) is 0 Å². The monoisotopic (exact) mass is 432 g/mol. The molecule has 0 bridgehead atoms. The highest BCUT2D eigenvalue weighted by Crippen LogP contribution is 2.30. The van der Waals surface area contributed by atoms with Crippen LogP contribution < -0.4 is 10.1 Å². The number of carbonyl (C=O) groups is 1. The van der Waals surface area contributed by atoms with Crippen LogP contribution >= 0.6 is 0 Å². The van der Waals surface area contributed by atoms with E-state index in [4.69, 9.17) is 9.84 Å². The number of carbonyl (C=O) groups excluding carboxylic acids is 1. The van der Waals surface area contributed by atoms with Crippen LogP contribution in [0.15, 0.2) is 42.6 Å². The van der Waals surface area contributed by atoms with Gasteiger partial charge >= 0.3 is 0 Å². The highest BCUT2D eigenvalue weighted by atomic mass is 16.5. The average Bonchev–Trinajstić information content (AvgIpc) is 3.06. The zero-order valence-electron chi connectivity index (χ0n) is 18.0. The minimum absolute atomic E-state index is 0.000409. The summed E-state index contributed by atoms with van der Waals surface area (Å²) in [7, 11) is 0. The molecule has 1 aromatic heterocycles. The summed E-state index contributed by atoms with van der Waals surface area (Å²) >= 11 is 0. The van der Waals surface area contributed by atoms with Gasteiger partial charge in [-0.3, -0.25) is 4.79 Å². The van der Waals surface area contributed by atoms with Crippen LogP contribution in [0.25, 0.3) is 10.9 Å². The number of aliphatic hydroxyl groups excluding tert-OH is 2. The molecule has 0 radical (unpaired) electrons. The van der Waals surface area contributed by atoms with Crippen molar-refractivity contribution in [3.63, 3.8) is 0 Å². The van der Waals surface area contributed by atoms with Crippen molar-refractivity contribution in [2.45, 2.75) is 38.1 Å². The average molecular weight is 433 g/mol. The molecule has 1 unspecified atom stereocenters. The third-order valence-electron chi connectivity index (χ3n) is 5.66. The number of aromatic amines is 1. The van der Waals surface area contributed by atoms with E-state index in [2.05, 4.69) is 22.1 Å². The third kappa shape index (κ3) is 4.96. The van der Waals surface area contributed by atoms with Crippen molar-refractivity contribution in [2.24, 2.45) is 0 Å². The first kappa shape index (κ1) is 21.9. The minimum Gasteiger partial charge on any atom is -0.492 e. The number of rotatable bonds is 6. The molecular formula is C26H28N2O4. The van der Waals surface area contributed by atoms with E-state index in [-0.39, 0.29) is 19.1 Å². The molecule has 0 saturated heterocycles. The summed E-state index contributed by atoms with van der Waals surface area (Å²) in [6.45, 7) is 0.395. The topological polar surface area (TPSA) is 94.6 Å². The van der Waals surface area contributed by atoms with E-state index >= 15 is 0 Å². The molecule has 0 aliphatic carbocycles. The Morgan fingerprint density at radius 3 is 2.94 bits per heavy atom. The number of benzene rings is 2. The van der Waals surface area contributed by atoms with E-state index in [0.29, 0.717) is 30.8 Å². The smallest absolute Gasteiger partial charge is 0.255 e. The Bertz CT molecular complexity index is 1160. The van der Waals surface area contributed by atoms with Crippen LogP contribution in [0.5, 0.6) is 5.75 Å². The summed E-state index contributed by atoms with van der Waals surface area (Å²) in [5.41, 5.74) is 4.21. The van der Waals surface area contributed by atoms with Gasteiger partial charge in [0.1, 0.15) is 5.75 Å². The predicted octanol–water partition coefficient (Wildman–Crippen LogP) is 2.95. The molecule has 166 valence electrons. The van der Waals surface area contributed by atoms with Gasteiger partial charge in [0.05, 0.1) is 31.4 Å². The number of aromatic nitrogens is 1. The Labute approximate surface area is 187 Å². The van der Waals surface area contributed by atoms with Gasteiger partial charge in [-0.25, -0.2) is 0 Å². The van der Waals surface area contributed by atoms with Gasteiger partial charge in [0, 0.05) is 29.1 Å². The van der Waals surface area contributed by atoms with Gasteiger partial charge in [-0.2, -0.15) is 0 Å². The largest absolute Gasteiger partial charge is 0.492 e. The molecule has 1 amide bonds. The van der Waals surface area contributed by atoms with E-state index in [1.54, 1.807) is 6.07 Å². The van der Waals surface area contributed by atoms with Crippen LogP contribution in [0.1, 0.15) is 46.3 Å². The Balaban J connectivity index is 1.59. The molecule has 1 atom stereocenters. The molecule has 4 rings (SSSR count). The van der Waals surface area contributed by atoms with Crippen molar-refractivity contribution in [3.8, 4) is 17.6 Å². The number of hydrogen-bond acceptors (Lipinski definition) is 4. The normalized spacial score (nSPS) is 13.9. The van der Waals surface area contributed by atoms with E-state index in [1.165, 1.54) is 0 Å². The number of nitrogens with one attached hydrogen (secondary N) is 2. The molecule has 1 aliphatic rings. The van der Waals surface area contributed by atoms with Crippen molar-refractivity contribution >= 4 is 16.8 Å². The summed E-state index contributed by atoms with van der Waals surface area (Å²) in [6.07, 6.45) is 5.55. The summed E-state index contributed by atoms with van der Waals surface area (Å²) < 4.78 is 5.94. The van der Waals surface area contributed by atoms with Gasteiger partial charge in [0.2, 0.25) is 0 Å². The molecule has 0 fully saturated rings. The van der Waals surface area contributed by atoms with Crippen molar-refractivity contribution in [1.82, 2.24) is 10.3 Å². The molecule has 0 spiro atoms. The summed E-state index contributed by atoms with van der Waals surface area (Å²) in [6, 6.07) is 11.2. The van der Waals surface area contributed by atoms with Crippen molar-refractivity contribution in [1.29, 1.82) is 0 Å². The number of fused-ring (bicyclic) bond motifs is 2. The maximum atomic E-state index is 13.3. The first-order chi connectivity index (χ1) is 15.7. The van der Waals surface area contributed by atoms with Gasteiger partial charge in [-0.05, 0) is 55.0 Å². The van der Waals surface area contributed by atoms with Gasteiger partial charge in [-0.15, -0.1) is 0 Å². The molecule has 1 aliphatic heterocycles. The zero-order valence-corrected chi connectivity index (χ0v) is 18.0. The van der Waals surface area contributed by atoms with Crippen LogP contribution in [-0.2, 0) is 12.8 Å². The molecule has 2 aromatic carbocycles. The predicted molar refractivity (Wildman–Crippen MR) is 124 cm³/mol.